The second-order valence-corrected chi connectivity index (χ2v) is 6.01. The molecule has 1 heterocycles. The molecule has 5 nitrogen and oxygen atoms in total. The molecule has 5 heteroatoms. The van der Waals surface area contributed by atoms with Crippen LogP contribution in [0.15, 0.2) is 0 Å². The van der Waals surface area contributed by atoms with Gasteiger partial charge in [0.1, 0.15) is 6.04 Å². The Morgan fingerprint density at radius 2 is 1.79 bits per heavy atom. The highest BCUT2D eigenvalue weighted by Gasteiger charge is 2.36. The van der Waals surface area contributed by atoms with Crippen molar-refractivity contribution < 1.29 is 9.59 Å². The van der Waals surface area contributed by atoms with E-state index in [2.05, 4.69) is 10.6 Å². The summed E-state index contributed by atoms with van der Waals surface area (Å²) in [6.07, 6.45) is 6.96. The van der Waals surface area contributed by atoms with Gasteiger partial charge >= 0.3 is 0 Å². The third-order valence-corrected chi connectivity index (χ3v) is 4.15. The minimum Gasteiger partial charge on any atom is -0.352 e. The number of hydrogen-bond acceptors (Lipinski definition) is 3. The monoisotopic (exact) mass is 265 g/mol. The normalized spacial score (nSPS) is 26.5. The molecule has 19 heavy (non-hydrogen) atoms. The maximum absolute atomic E-state index is 12.2. The zero-order valence-electron chi connectivity index (χ0n) is 11.4. The predicted molar refractivity (Wildman–Crippen MR) is 71.5 cm³/mol. The first-order valence-electron chi connectivity index (χ1n) is 7.57. The minimum atomic E-state index is -0.214. The molecule has 3 aliphatic rings. The molecule has 1 atom stereocenters. The van der Waals surface area contributed by atoms with Gasteiger partial charge in [0, 0.05) is 31.6 Å². The van der Waals surface area contributed by atoms with E-state index >= 15 is 0 Å². The van der Waals surface area contributed by atoms with Crippen molar-refractivity contribution in [2.24, 2.45) is 0 Å². The Morgan fingerprint density at radius 3 is 2.47 bits per heavy atom. The maximum atomic E-state index is 12.2. The fourth-order valence-electron chi connectivity index (χ4n) is 2.68. The molecule has 0 bridgehead atoms. The molecule has 1 saturated heterocycles. The highest BCUT2D eigenvalue weighted by Crippen LogP contribution is 2.23. The molecule has 2 N–H and O–H groups in total. The Kier molecular flexibility index (Phi) is 3.73. The molecule has 3 rings (SSSR count). The summed E-state index contributed by atoms with van der Waals surface area (Å²) in [4.78, 5) is 26.0. The highest BCUT2D eigenvalue weighted by molar-refractivity contribution is 5.88. The van der Waals surface area contributed by atoms with E-state index in [1.807, 2.05) is 0 Å². The average molecular weight is 265 g/mol. The molecule has 0 spiro atoms. The Bertz CT molecular complexity index is 364. The van der Waals surface area contributed by atoms with Crippen LogP contribution in [0, 0.1) is 0 Å². The van der Waals surface area contributed by atoms with Crippen LogP contribution in [0.5, 0.6) is 0 Å². The average Bonchev–Trinajstić information content (AvgIpc) is 3.31. The van der Waals surface area contributed by atoms with Gasteiger partial charge in [-0.2, -0.15) is 0 Å². The summed E-state index contributed by atoms with van der Waals surface area (Å²) in [6.45, 7) is 1.49. The first kappa shape index (κ1) is 12.9. The zero-order chi connectivity index (χ0) is 13.2. The third kappa shape index (κ3) is 3.47. The number of carbonyl (C=O) groups excluding carboxylic acids is 2. The summed E-state index contributed by atoms with van der Waals surface area (Å²) in [5.74, 6) is 0.185. The summed E-state index contributed by atoms with van der Waals surface area (Å²) >= 11 is 0. The lowest BCUT2D eigenvalue weighted by Crippen LogP contribution is -2.47. The van der Waals surface area contributed by atoms with Crippen molar-refractivity contribution in [2.75, 3.05) is 13.1 Å². The van der Waals surface area contributed by atoms with Crippen molar-refractivity contribution in [1.29, 1.82) is 0 Å². The number of amides is 2. The summed E-state index contributed by atoms with van der Waals surface area (Å²) in [5, 5.41) is 6.37. The van der Waals surface area contributed by atoms with Gasteiger partial charge in [-0.05, 0) is 38.5 Å². The van der Waals surface area contributed by atoms with Crippen molar-refractivity contribution in [3.05, 3.63) is 0 Å². The van der Waals surface area contributed by atoms with E-state index in [4.69, 9.17) is 0 Å². The van der Waals surface area contributed by atoms with Crippen LogP contribution in [0.4, 0.5) is 0 Å². The largest absolute Gasteiger partial charge is 0.352 e. The van der Waals surface area contributed by atoms with Gasteiger partial charge in [-0.25, -0.2) is 0 Å². The van der Waals surface area contributed by atoms with E-state index in [-0.39, 0.29) is 17.9 Å². The molecule has 0 radical (unpaired) electrons. The smallest absolute Gasteiger partial charge is 0.243 e. The molecule has 0 aromatic heterocycles. The van der Waals surface area contributed by atoms with Gasteiger partial charge in [0.2, 0.25) is 11.8 Å². The van der Waals surface area contributed by atoms with Gasteiger partial charge in [-0.1, -0.05) is 0 Å². The SMILES string of the molecule is O=C(NC1CC1)C1CCCN1C(=O)CCNC1CC1. The first-order valence-corrected chi connectivity index (χ1v) is 7.57. The van der Waals surface area contributed by atoms with Crippen LogP contribution in [0.2, 0.25) is 0 Å². The molecule has 1 aliphatic heterocycles. The number of hydrogen-bond donors (Lipinski definition) is 2. The van der Waals surface area contributed by atoms with Gasteiger partial charge in [-0.15, -0.1) is 0 Å². The molecular formula is C14H23N3O2. The van der Waals surface area contributed by atoms with Crippen LogP contribution in [-0.4, -0.2) is 47.9 Å². The lowest BCUT2D eigenvalue weighted by Gasteiger charge is -2.24. The van der Waals surface area contributed by atoms with Gasteiger partial charge in [0.25, 0.3) is 0 Å². The molecule has 2 saturated carbocycles. The molecule has 3 fully saturated rings. The minimum absolute atomic E-state index is 0.0588. The fraction of sp³-hybridized carbons (Fsp3) is 0.857. The number of likely N-dealkylation sites (tertiary alicyclic amines) is 1. The second-order valence-electron chi connectivity index (χ2n) is 6.01. The lowest BCUT2D eigenvalue weighted by atomic mass is 10.2. The summed E-state index contributed by atoms with van der Waals surface area (Å²) in [7, 11) is 0. The maximum Gasteiger partial charge on any atom is 0.243 e. The Morgan fingerprint density at radius 1 is 1.05 bits per heavy atom. The van der Waals surface area contributed by atoms with Gasteiger partial charge in [0.05, 0.1) is 0 Å². The summed E-state index contributed by atoms with van der Waals surface area (Å²) in [6, 6.07) is 0.802. The van der Waals surface area contributed by atoms with E-state index in [1.54, 1.807) is 4.90 Å². The number of rotatable bonds is 6. The number of carbonyl (C=O) groups is 2. The fourth-order valence-corrected chi connectivity index (χ4v) is 2.68. The predicted octanol–water partition coefficient (Wildman–Crippen LogP) is 0.398. The quantitative estimate of drug-likeness (QED) is 0.731. The van der Waals surface area contributed by atoms with Crippen LogP contribution in [0.25, 0.3) is 0 Å². The van der Waals surface area contributed by atoms with Crippen LogP contribution >= 0.6 is 0 Å². The van der Waals surface area contributed by atoms with Crippen molar-refractivity contribution in [2.45, 2.75) is 63.1 Å². The van der Waals surface area contributed by atoms with Crippen molar-refractivity contribution in [1.82, 2.24) is 15.5 Å². The number of nitrogens with one attached hydrogen (secondary N) is 2. The Labute approximate surface area is 114 Å². The topological polar surface area (TPSA) is 61.4 Å². The first-order chi connectivity index (χ1) is 9.24. The van der Waals surface area contributed by atoms with E-state index in [0.29, 0.717) is 18.5 Å². The van der Waals surface area contributed by atoms with Crippen LogP contribution in [-0.2, 0) is 9.59 Å². The lowest BCUT2D eigenvalue weighted by molar-refractivity contribution is -0.138. The highest BCUT2D eigenvalue weighted by atomic mass is 16.2. The molecule has 0 aromatic carbocycles. The van der Waals surface area contributed by atoms with Gasteiger partial charge < -0.3 is 15.5 Å². The summed E-state index contributed by atoms with van der Waals surface area (Å²) in [5.41, 5.74) is 0. The Balaban J connectivity index is 1.46. The van der Waals surface area contributed by atoms with Crippen LogP contribution in [0.3, 0.4) is 0 Å². The molecule has 1 unspecified atom stereocenters. The number of nitrogens with zero attached hydrogens (tertiary/aromatic N) is 1. The molecule has 106 valence electrons. The van der Waals surface area contributed by atoms with Crippen molar-refractivity contribution >= 4 is 11.8 Å². The van der Waals surface area contributed by atoms with E-state index in [1.165, 1.54) is 12.8 Å². The zero-order valence-corrected chi connectivity index (χ0v) is 11.4. The second kappa shape index (κ2) is 5.49. The van der Waals surface area contributed by atoms with Gasteiger partial charge in [-0.3, -0.25) is 9.59 Å². The van der Waals surface area contributed by atoms with E-state index in [0.717, 1.165) is 38.8 Å². The van der Waals surface area contributed by atoms with E-state index < -0.39 is 0 Å². The van der Waals surface area contributed by atoms with Crippen LogP contribution < -0.4 is 10.6 Å². The molecule has 2 aliphatic carbocycles. The molecular weight excluding hydrogens is 242 g/mol. The third-order valence-electron chi connectivity index (χ3n) is 4.15. The summed E-state index contributed by atoms with van der Waals surface area (Å²) < 4.78 is 0. The van der Waals surface area contributed by atoms with Gasteiger partial charge in [0.15, 0.2) is 0 Å². The van der Waals surface area contributed by atoms with Crippen molar-refractivity contribution in [3.63, 3.8) is 0 Å². The molecule has 0 aromatic rings. The standard InChI is InChI=1S/C14H23N3O2/c18-13(7-8-15-10-3-4-10)17-9-1-2-12(17)14(19)16-11-5-6-11/h10-12,15H,1-9H2,(H,16,19). The Hall–Kier alpha value is -1.10. The van der Waals surface area contributed by atoms with Crippen molar-refractivity contribution in [3.8, 4) is 0 Å². The van der Waals surface area contributed by atoms with Crippen LogP contribution in [0.1, 0.15) is 44.9 Å². The molecule has 2 amide bonds. The van der Waals surface area contributed by atoms with E-state index in [9.17, 15) is 9.59 Å².